The lowest BCUT2D eigenvalue weighted by Crippen LogP contribution is -2.11. The van der Waals surface area contributed by atoms with Gasteiger partial charge in [-0.2, -0.15) is 0 Å². The summed E-state index contributed by atoms with van der Waals surface area (Å²) in [6, 6.07) is 31.8. The van der Waals surface area contributed by atoms with Crippen LogP contribution >= 0.6 is 0 Å². The maximum Gasteiger partial charge on any atom is 0.343 e. The van der Waals surface area contributed by atoms with Crippen molar-refractivity contribution >= 4 is 35.7 Å². The van der Waals surface area contributed by atoms with Crippen LogP contribution in [-0.4, -0.2) is 37.6 Å². The van der Waals surface area contributed by atoms with Gasteiger partial charge in [0.2, 0.25) is 0 Å². The second kappa shape index (κ2) is 21.6. The zero-order valence-electron chi connectivity index (χ0n) is 31.4. The summed E-state index contributed by atoms with van der Waals surface area (Å²) in [6.07, 6.45) is 12.6. The second-order valence-corrected chi connectivity index (χ2v) is 13.0. The summed E-state index contributed by atoms with van der Waals surface area (Å²) in [4.78, 5) is 34.7. The van der Waals surface area contributed by atoms with E-state index >= 15 is 0 Å². The second-order valence-electron chi connectivity index (χ2n) is 13.0. The van der Waals surface area contributed by atoms with E-state index in [4.69, 9.17) is 18.9 Å². The van der Waals surface area contributed by atoms with E-state index in [0.717, 1.165) is 59.0 Å². The minimum atomic E-state index is -0.732. The molecule has 0 aliphatic rings. The fraction of sp³-hybridized carbons (Fsp3) is 0.261. The number of ether oxygens (including phenoxy) is 4. The summed E-state index contributed by atoms with van der Waals surface area (Å²) in [7, 11) is 0. The van der Waals surface area contributed by atoms with Crippen molar-refractivity contribution in [2.24, 2.45) is 9.98 Å². The standard InChI is InChI=1S/C46H47FN2O6/c1-3-5-7-9-27-52-41-23-19-39(20-24-41)48-32-34-11-15-36(16-12-34)45(50)54-43-29-38(47)30-44(31-43)55-46(51)37-17-13-35(14-18-37)33-49-40-21-25-42(26-22-40)53-28-10-8-6-4-2/h11-26,29-33H,3-10,27-28H2,1-2H3. The third-order valence-electron chi connectivity index (χ3n) is 8.49. The molecule has 0 fully saturated rings. The monoisotopic (exact) mass is 742 g/mol. The van der Waals surface area contributed by atoms with Crippen LogP contribution in [0, 0.1) is 5.82 Å². The van der Waals surface area contributed by atoms with Crippen LogP contribution in [0.15, 0.2) is 125 Å². The molecule has 0 radical (unpaired) electrons. The van der Waals surface area contributed by atoms with E-state index in [0.29, 0.717) is 13.2 Å². The summed E-state index contributed by atoms with van der Waals surface area (Å²) in [6.45, 7) is 5.77. The lowest BCUT2D eigenvalue weighted by molar-refractivity contribution is 0.0732. The minimum absolute atomic E-state index is 0.107. The van der Waals surface area contributed by atoms with Gasteiger partial charge < -0.3 is 18.9 Å². The van der Waals surface area contributed by atoms with E-state index in [1.807, 2.05) is 48.5 Å². The number of hydrogen-bond acceptors (Lipinski definition) is 8. The average molecular weight is 743 g/mol. The number of halogens is 1. The third-order valence-corrected chi connectivity index (χ3v) is 8.49. The molecule has 0 spiro atoms. The van der Waals surface area contributed by atoms with Gasteiger partial charge in [0.1, 0.15) is 28.8 Å². The van der Waals surface area contributed by atoms with Gasteiger partial charge in [-0.25, -0.2) is 14.0 Å². The van der Waals surface area contributed by atoms with Crippen LogP contribution in [-0.2, 0) is 0 Å². The van der Waals surface area contributed by atoms with Gasteiger partial charge in [-0.05, 0) is 96.8 Å². The summed E-state index contributed by atoms with van der Waals surface area (Å²) < 4.78 is 36.9. The van der Waals surface area contributed by atoms with Gasteiger partial charge in [0.15, 0.2) is 0 Å². The maximum atomic E-state index is 14.5. The van der Waals surface area contributed by atoms with Crippen molar-refractivity contribution in [2.45, 2.75) is 65.2 Å². The molecule has 0 unspecified atom stereocenters. The SMILES string of the molecule is CCCCCCOc1ccc(N=Cc2ccc(C(=O)Oc3cc(F)cc(OC(=O)c4ccc(C=Nc5ccc(OCCCCCC)cc5)cc4)c3)cc2)cc1. The Kier molecular flexibility index (Phi) is 15.7. The molecule has 0 atom stereocenters. The zero-order chi connectivity index (χ0) is 38.7. The highest BCUT2D eigenvalue weighted by Gasteiger charge is 2.14. The summed E-state index contributed by atoms with van der Waals surface area (Å²) in [5.74, 6) is -0.719. The number of benzene rings is 5. The molecule has 0 N–H and O–H groups in total. The Hall–Kier alpha value is -6.09. The lowest BCUT2D eigenvalue weighted by Gasteiger charge is -2.09. The van der Waals surface area contributed by atoms with Crippen molar-refractivity contribution in [1.29, 1.82) is 0 Å². The summed E-state index contributed by atoms with van der Waals surface area (Å²) in [5.41, 5.74) is 3.59. The Morgan fingerprint density at radius 1 is 0.509 bits per heavy atom. The number of aliphatic imine (C=N–C) groups is 2. The molecule has 55 heavy (non-hydrogen) atoms. The van der Waals surface area contributed by atoms with E-state index in [1.54, 1.807) is 61.0 Å². The van der Waals surface area contributed by atoms with Crippen LogP contribution in [0.3, 0.4) is 0 Å². The van der Waals surface area contributed by atoms with Crippen LogP contribution in [0.4, 0.5) is 15.8 Å². The van der Waals surface area contributed by atoms with Gasteiger partial charge in [-0.1, -0.05) is 76.6 Å². The number of carbonyl (C=O) groups is 2. The number of hydrogen-bond donors (Lipinski definition) is 0. The number of carbonyl (C=O) groups excluding carboxylic acids is 2. The molecule has 8 nitrogen and oxygen atoms in total. The van der Waals surface area contributed by atoms with Crippen LogP contribution in [0.2, 0.25) is 0 Å². The first-order chi connectivity index (χ1) is 26.9. The van der Waals surface area contributed by atoms with Gasteiger partial charge in [0, 0.05) is 30.6 Å². The number of rotatable bonds is 20. The number of unbranched alkanes of at least 4 members (excludes halogenated alkanes) is 6. The third kappa shape index (κ3) is 13.7. The van der Waals surface area contributed by atoms with E-state index in [1.165, 1.54) is 44.6 Å². The predicted molar refractivity (Wildman–Crippen MR) is 216 cm³/mol. The Labute approximate surface area is 322 Å². The Bertz CT molecular complexity index is 1870. The molecule has 5 aromatic rings. The zero-order valence-corrected chi connectivity index (χ0v) is 31.4. The highest BCUT2D eigenvalue weighted by molar-refractivity contribution is 5.93. The molecule has 0 heterocycles. The lowest BCUT2D eigenvalue weighted by atomic mass is 10.1. The van der Waals surface area contributed by atoms with Crippen molar-refractivity contribution in [3.8, 4) is 23.0 Å². The molecule has 0 saturated heterocycles. The smallest absolute Gasteiger partial charge is 0.343 e. The molecule has 5 aromatic carbocycles. The molecule has 0 aromatic heterocycles. The van der Waals surface area contributed by atoms with Crippen molar-refractivity contribution < 1.29 is 32.9 Å². The van der Waals surface area contributed by atoms with Crippen molar-refractivity contribution in [2.75, 3.05) is 13.2 Å². The van der Waals surface area contributed by atoms with Crippen LogP contribution in [0.5, 0.6) is 23.0 Å². The molecule has 0 aliphatic heterocycles. The quantitative estimate of drug-likeness (QED) is 0.0341. The van der Waals surface area contributed by atoms with E-state index in [9.17, 15) is 14.0 Å². The van der Waals surface area contributed by atoms with Crippen molar-refractivity contribution in [3.05, 3.63) is 143 Å². The minimum Gasteiger partial charge on any atom is -0.494 e. The van der Waals surface area contributed by atoms with E-state index < -0.39 is 17.8 Å². The molecular weight excluding hydrogens is 696 g/mol. The molecule has 9 heteroatoms. The van der Waals surface area contributed by atoms with Gasteiger partial charge in [-0.3, -0.25) is 9.98 Å². The average Bonchev–Trinajstić information content (AvgIpc) is 3.20. The Morgan fingerprint density at radius 2 is 0.909 bits per heavy atom. The van der Waals surface area contributed by atoms with Crippen molar-refractivity contribution in [1.82, 2.24) is 0 Å². The van der Waals surface area contributed by atoms with Crippen LogP contribution in [0.25, 0.3) is 0 Å². The first-order valence-corrected chi connectivity index (χ1v) is 18.9. The molecular formula is C46H47FN2O6. The summed E-state index contributed by atoms with van der Waals surface area (Å²) in [5, 5.41) is 0. The van der Waals surface area contributed by atoms with Gasteiger partial charge >= 0.3 is 11.9 Å². The van der Waals surface area contributed by atoms with Crippen molar-refractivity contribution in [3.63, 3.8) is 0 Å². The van der Waals surface area contributed by atoms with Gasteiger partial charge in [0.05, 0.1) is 35.7 Å². The molecule has 284 valence electrons. The fourth-order valence-electron chi connectivity index (χ4n) is 5.39. The number of nitrogens with zero attached hydrogens (tertiary/aromatic N) is 2. The molecule has 0 saturated carbocycles. The Morgan fingerprint density at radius 3 is 1.29 bits per heavy atom. The van der Waals surface area contributed by atoms with Gasteiger partial charge in [0.25, 0.3) is 0 Å². The fourth-order valence-corrected chi connectivity index (χ4v) is 5.39. The molecule has 0 aliphatic carbocycles. The predicted octanol–water partition coefficient (Wildman–Crippen LogP) is 11.7. The van der Waals surface area contributed by atoms with Crippen LogP contribution < -0.4 is 18.9 Å². The molecule has 5 rings (SSSR count). The summed E-state index contributed by atoms with van der Waals surface area (Å²) >= 11 is 0. The normalized spacial score (nSPS) is 11.2. The Balaban J connectivity index is 1.09. The molecule has 0 amide bonds. The maximum absolute atomic E-state index is 14.5. The largest absolute Gasteiger partial charge is 0.494 e. The van der Waals surface area contributed by atoms with E-state index in [2.05, 4.69) is 23.8 Å². The van der Waals surface area contributed by atoms with Crippen LogP contribution in [0.1, 0.15) is 97.1 Å². The first-order valence-electron chi connectivity index (χ1n) is 18.9. The number of esters is 2. The first kappa shape index (κ1) is 40.1. The highest BCUT2D eigenvalue weighted by Crippen LogP contribution is 2.25. The van der Waals surface area contributed by atoms with Gasteiger partial charge in [-0.15, -0.1) is 0 Å². The molecule has 0 bridgehead atoms. The topological polar surface area (TPSA) is 95.8 Å². The highest BCUT2D eigenvalue weighted by atomic mass is 19.1. The van der Waals surface area contributed by atoms with E-state index in [-0.39, 0.29) is 22.6 Å².